The molecule has 1 atom stereocenters. The van der Waals surface area contributed by atoms with E-state index in [2.05, 4.69) is 10.6 Å². The number of carboxylic acids is 1. The summed E-state index contributed by atoms with van der Waals surface area (Å²) in [5.41, 5.74) is 4.28. The first-order chi connectivity index (χ1) is 16.8. The Morgan fingerprint density at radius 1 is 0.971 bits per heavy atom. The van der Waals surface area contributed by atoms with Crippen molar-refractivity contribution in [2.75, 3.05) is 33.9 Å². The molecule has 2 aromatic carbocycles. The maximum Gasteiger partial charge on any atom is 0.409 e. The van der Waals surface area contributed by atoms with Gasteiger partial charge in [-0.05, 0) is 28.7 Å². The smallest absolute Gasteiger partial charge is 0.409 e. The summed E-state index contributed by atoms with van der Waals surface area (Å²) in [6.07, 6.45) is -1.82. The van der Waals surface area contributed by atoms with Gasteiger partial charge < -0.3 is 30.1 Å². The van der Waals surface area contributed by atoms with Crippen molar-refractivity contribution in [2.24, 2.45) is 0 Å². The third kappa shape index (κ3) is 6.72. The molecule has 3 N–H and O–H groups in total. The van der Waals surface area contributed by atoms with Crippen LogP contribution in [-0.2, 0) is 19.1 Å². The molecule has 2 aromatic rings. The highest BCUT2D eigenvalue weighted by atomic mass is 16.6. The molecule has 1 aliphatic carbocycles. The van der Waals surface area contributed by atoms with E-state index in [1.165, 1.54) is 19.0 Å². The van der Waals surface area contributed by atoms with Gasteiger partial charge in [-0.2, -0.15) is 0 Å². The zero-order valence-electron chi connectivity index (χ0n) is 19.7. The summed E-state index contributed by atoms with van der Waals surface area (Å²) in [4.78, 5) is 48.8. The highest BCUT2D eigenvalue weighted by molar-refractivity contribution is 5.86. The first kappa shape index (κ1) is 25.5. The topological polar surface area (TPSA) is 134 Å². The van der Waals surface area contributed by atoms with E-state index in [4.69, 9.17) is 14.6 Å². The van der Waals surface area contributed by atoms with E-state index in [1.54, 1.807) is 0 Å². The summed E-state index contributed by atoms with van der Waals surface area (Å²) in [6.45, 7) is 0.00131. The molecule has 0 aromatic heterocycles. The number of hydrogen-bond acceptors (Lipinski definition) is 6. The number of benzene rings is 2. The highest BCUT2D eigenvalue weighted by Gasteiger charge is 2.30. The Labute approximate surface area is 203 Å². The zero-order valence-corrected chi connectivity index (χ0v) is 19.7. The minimum Gasteiger partial charge on any atom is -0.481 e. The van der Waals surface area contributed by atoms with Gasteiger partial charge in [-0.1, -0.05) is 48.5 Å². The molecular formula is C25H29N3O7. The predicted molar refractivity (Wildman–Crippen MR) is 127 cm³/mol. The minimum absolute atomic E-state index is 0.00829. The van der Waals surface area contributed by atoms with Crippen LogP contribution in [0.25, 0.3) is 11.1 Å². The van der Waals surface area contributed by atoms with Crippen molar-refractivity contribution in [3.05, 3.63) is 59.7 Å². The Bertz CT molecular complexity index is 1040. The monoisotopic (exact) mass is 483 g/mol. The fraction of sp³-hybridized carbons (Fsp3) is 0.360. The van der Waals surface area contributed by atoms with E-state index in [-0.39, 0.29) is 38.5 Å². The van der Waals surface area contributed by atoms with Gasteiger partial charge in [0, 0.05) is 26.4 Å². The van der Waals surface area contributed by atoms with Crippen molar-refractivity contribution in [2.45, 2.75) is 24.8 Å². The van der Waals surface area contributed by atoms with Crippen LogP contribution in [0, 0.1) is 0 Å². The second-order valence-electron chi connectivity index (χ2n) is 8.25. The molecule has 0 heterocycles. The standard InChI is InChI=1S/C25H29N3O7/c1-28(2)25(33)34-14-13-26-23(31)21(11-12-22(29)30)27-24(32)35-15-20-18-9-5-3-7-16(18)17-8-4-6-10-19(17)20/h3-10,20-21H,11-15H2,1-2H3,(H,26,31)(H,27,32)(H,29,30). The average molecular weight is 484 g/mol. The number of carbonyl (C=O) groups excluding carboxylic acids is 3. The number of carboxylic acid groups (broad SMARTS) is 1. The molecule has 0 spiro atoms. The lowest BCUT2D eigenvalue weighted by Crippen LogP contribution is -2.48. The Balaban J connectivity index is 1.57. The van der Waals surface area contributed by atoms with E-state index in [0.717, 1.165) is 22.3 Å². The Morgan fingerprint density at radius 2 is 1.57 bits per heavy atom. The summed E-state index contributed by atoms with van der Waals surface area (Å²) < 4.78 is 10.4. The largest absolute Gasteiger partial charge is 0.481 e. The molecule has 0 fully saturated rings. The number of rotatable bonds is 10. The zero-order chi connectivity index (χ0) is 25.4. The molecule has 0 aliphatic heterocycles. The molecule has 3 amide bonds. The van der Waals surface area contributed by atoms with Crippen LogP contribution in [0.5, 0.6) is 0 Å². The molecule has 35 heavy (non-hydrogen) atoms. The van der Waals surface area contributed by atoms with Gasteiger partial charge in [0.15, 0.2) is 0 Å². The average Bonchev–Trinajstić information content (AvgIpc) is 3.16. The van der Waals surface area contributed by atoms with Crippen molar-refractivity contribution >= 4 is 24.1 Å². The van der Waals surface area contributed by atoms with Crippen molar-refractivity contribution in [1.29, 1.82) is 0 Å². The van der Waals surface area contributed by atoms with Crippen LogP contribution < -0.4 is 10.6 Å². The van der Waals surface area contributed by atoms with Crippen LogP contribution in [0.15, 0.2) is 48.5 Å². The third-order valence-electron chi connectivity index (χ3n) is 5.59. The SMILES string of the molecule is CN(C)C(=O)OCCNC(=O)C(CCC(=O)O)NC(=O)OCC1c2ccccc2-c2ccccc21. The molecular weight excluding hydrogens is 454 g/mol. The van der Waals surface area contributed by atoms with Crippen LogP contribution in [0.4, 0.5) is 9.59 Å². The van der Waals surface area contributed by atoms with Gasteiger partial charge in [0.1, 0.15) is 19.3 Å². The van der Waals surface area contributed by atoms with Crippen LogP contribution in [-0.4, -0.2) is 74.0 Å². The molecule has 0 radical (unpaired) electrons. The number of nitrogens with zero attached hydrogens (tertiary/aromatic N) is 1. The van der Waals surface area contributed by atoms with E-state index in [0.29, 0.717) is 0 Å². The minimum atomic E-state index is -1.12. The number of amides is 3. The van der Waals surface area contributed by atoms with E-state index < -0.39 is 30.1 Å². The number of aliphatic carboxylic acids is 1. The molecule has 186 valence electrons. The number of hydrogen-bond donors (Lipinski definition) is 3. The fourth-order valence-electron chi connectivity index (χ4n) is 3.88. The summed E-state index contributed by atoms with van der Waals surface area (Å²) in [7, 11) is 3.06. The number of alkyl carbamates (subject to hydrolysis) is 1. The molecule has 10 nitrogen and oxygen atoms in total. The molecule has 1 unspecified atom stereocenters. The molecule has 0 bridgehead atoms. The van der Waals surface area contributed by atoms with Gasteiger partial charge >= 0.3 is 18.2 Å². The van der Waals surface area contributed by atoms with Gasteiger partial charge in [-0.3, -0.25) is 9.59 Å². The summed E-state index contributed by atoms with van der Waals surface area (Å²) in [5, 5.41) is 14.0. The predicted octanol–water partition coefficient (Wildman–Crippen LogP) is 2.57. The van der Waals surface area contributed by atoms with Crippen molar-refractivity contribution < 1.29 is 33.8 Å². The van der Waals surface area contributed by atoms with E-state index >= 15 is 0 Å². The number of ether oxygens (including phenoxy) is 2. The lowest BCUT2D eigenvalue weighted by Gasteiger charge is -2.19. The van der Waals surface area contributed by atoms with Gasteiger partial charge in [0.05, 0.1) is 6.54 Å². The molecule has 0 saturated heterocycles. The van der Waals surface area contributed by atoms with Crippen LogP contribution in [0.3, 0.4) is 0 Å². The lowest BCUT2D eigenvalue weighted by molar-refractivity contribution is -0.137. The first-order valence-electron chi connectivity index (χ1n) is 11.2. The van der Waals surface area contributed by atoms with Crippen LogP contribution >= 0.6 is 0 Å². The van der Waals surface area contributed by atoms with Gasteiger partial charge in [-0.15, -0.1) is 0 Å². The number of nitrogens with one attached hydrogen (secondary N) is 2. The lowest BCUT2D eigenvalue weighted by atomic mass is 9.98. The van der Waals surface area contributed by atoms with Gasteiger partial charge in [0.25, 0.3) is 0 Å². The summed E-state index contributed by atoms with van der Waals surface area (Å²) >= 11 is 0. The second-order valence-corrected chi connectivity index (χ2v) is 8.25. The fourth-order valence-corrected chi connectivity index (χ4v) is 3.88. The van der Waals surface area contributed by atoms with Gasteiger partial charge in [-0.25, -0.2) is 9.59 Å². The summed E-state index contributed by atoms with van der Waals surface area (Å²) in [5.74, 6) is -1.84. The van der Waals surface area contributed by atoms with Crippen LogP contribution in [0.2, 0.25) is 0 Å². The van der Waals surface area contributed by atoms with Crippen molar-refractivity contribution in [1.82, 2.24) is 15.5 Å². The van der Waals surface area contributed by atoms with Crippen LogP contribution in [0.1, 0.15) is 29.9 Å². The normalized spacial score (nSPS) is 12.6. The maximum absolute atomic E-state index is 12.5. The molecule has 3 rings (SSSR count). The quantitative estimate of drug-likeness (QED) is 0.442. The van der Waals surface area contributed by atoms with Crippen molar-refractivity contribution in [3.63, 3.8) is 0 Å². The molecule has 0 saturated carbocycles. The molecule has 10 heteroatoms. The van der Waals surface area contributed by atoms with E-state index in [9.17, 15) is 19.2 Å². The number of carbonyl (C=O) groups is 4. The van der Waals surface area contributed by atoms with Crippen molar-refractivity contribution in [3.8, 4) is 11.1 Å². The maximum atomic E-state index is 12.5. The Hall–Kier alpha value is -4.08. The Kier molecular flexibility index (Phi) is 8.66. The number of fused-ring (bicyclic) bond motifs is 3. The van der Waals surface area contributed by atoms with E-state index in [1.807, 2.05) is 48.5 Å². The third-order valence-corrected chi connectivity index (χ3v) is 5.59. The highest BCUT2D eigenvalue weighted by Crippen LogP contribution is 2.44. The Morgan fingerprint density at radius 3 is 2.14 bits per heavy atom. The first-order valence-corrected chi connectivity index (χ1v) is 11.2. The second kappa shape index (κ2) is 11.9. The van der Waals surface area contributed by atoms with Gasteiger partial charge in [0.2, 0.25) is 5.91 Å². The molecule has 1 aliphatic rings. The summed E-state index contributed by atoms with van der Waals surface area (Å²) in [6, 6.07) is 14.7.